The van der Waals surface area contributed by atoms with Gasteiger partial charge in [0, 0.05) is 21.7 Å². The summed E-state index contributed by atoms with van der Waals surface area (Å²) >= 11 is 0. The highest BCUT2D eigenvalue weighted by atomic mass is 16.5. The van der Waals surface area contributed by atoms with Crippen molar-refractivity contribution in [1.29, 1.82) is 0 Å². The Hall–Kier alpha value is -7.24. The average molecular weight is 805 g/mol. The Kier molecular flexibility index (Phi) is 8.80. The van der Waals surface area contributed by atoms with Crippen LogP contribution in [-0.4, -0.2) is 18.9 Å². The van der Waals surface area contributed by atoms with Crippen LogP contribution >= 0.6 is 0 Å². The van der Waals surface area contributed by atoms with Gasteiger partial charge in [-0.15, -0.1) is 0 Å². The SMILES string of the molecule is Cc1cc2c3c(C)cc(Oc4cccc(-c5nc6ccccc6n5-c5c(C(C)C)cc(-c6ccccc6)cc5C(C)C)c4)cc3c3nc4ccc5ccccc5c4n3c2cc1C. The number of benzene rings is 8. The minimum Gasteiger partial charge on any atom is -0.457 e. The largest absolute Gasteiger partial charge is 0.457 e. The van der Waals surface area contributed by atoms with Crippen LogP contribution in [0.15, 0.2) is 152 Å². The lowest BCUT2D eigenvalue weighted by molar-refractivity contribution is 0.483. The van der Waals surface area contributed by atoms with Crippen molar-refractivity contribution in [3.05, 3.63) is 179 Å². The molecule has 302 valence electrons. The Morgan fingerprint density at radius 3 is 1.98 bits per heavy atom. The molecule has 0 bridgehead atoms. The maximum Gasteiger partial charge on any atom is 0.146 e. The Balaban J connectivity index is 1.09. The lowest BCUT2D eigenvalue weighted by atomic mass is 9.88. The van der Waals surface area contributed by atoms with Gasteiger partial charge >= 0.3 is 0 Å². The van der Waals surface area contributed by atoms with Crippen molar-refractivity contribution < 1.29 is 4.74 Å². The topological polar surface area (TPSA) is 44.3 Å². The summed E-state index contributed by atoms with van der Waals surface area (Å²) in [5.74, 6) is 2.94. The van der Waals surface area contributed by atoms with Gasteiger partial charge in [0.15, 0.2) is 0 Å². The summed E-state index contributed by atoms with van der Waals surface area (Å²) in [7, 11) is 0. The number of aromatic nitrogens is 4. The molecule has 0 aliphatic heterocycles. The zero-order chi connectivity index (χ0) is 42.4. The zero-order valence-corrected chi connectivity index (χ0v) is 36.3. The van der Waals surface area contributed by atoms with Crippen LogP contribution in [-0.2, 0) is 0 Å². The smallest absolute Gasteiger partial charge is 0.146 e. The van der Waals surface area contributed by atoms with Gasteiger partial charge in [-0.2, -0.15) is 0 Å². The second-order valence-corrected chi connectivity index (χ2v) is 17.6. The fourth-order valence-corrected chi connectivity index (χ4v) is 9.68. The van der Waals surface area contributed by atoms with Crippen LogP contribution < -0.4 is 4.74 Å². The van der Waals surface area contributed by atoms with Gasteiger partial charge in [0.25, 0.3) is 0 Å². The van der Waals surface area contributed by atoms with E-state index < -0.39 is 0 Å². The summed E-state index contributed by atoms with van der Waals surface area (Å²) in [6.45, 7) is 15.8. The van der Waals surface area contributed by atoms with E-state index in [2.05, 4.69) is 203 Å². The van der Waals surface area contributed by atoms with Crippen LogP contribution in [0.4, 0.5) is 0 Å². The second-order valence-electron chi connectivity index (χ2n) is 17.6. The van der Waals surface area contributed by atoms with Crippen LogP contribution in [0.1, 0.15) is 67.3 Å². The number of aryl methyl sites for hydroxylation is 3. The predicted molar refractivity (Wildman–Crippen MR) is 260 cm³/mol. The molecule has 5 nitrogen and oxygen atoms in total. The molecule has 62 heavy (non-hydrogen) atoms. The minimum atomic E-state index is 0.272. The molecule has 0 aliphatic rings. The predicted octanol–water partition coefficient (Wildman–Crippen LogP) is 15.6. The first kappa shape index (κ1) is 37.7. The molecule has 0 aliphatic carbocycles. The lowest BCUT2D eigenvalue weighted by Crippen LogP contribution is -2.09. The molecule has 11 aromatic rings. The van der Waals surface area contributed by atoms with E-state index in [1.165, 1.54) is 60.6 Å². The van der Waals surface area contributed by atoms with Crippen molar-refractivity contribution in [3.8, 4) is 39.7 Å². The van der Waals surface area contributed by atoms with Gasteiger partial charge in [0.1, 0.15) is 23.0 Å². The summed E-state index contributed by atoms with van der Waals surface area (Å²) in [6.07, 6.45) is 0. The van der Waals surface area contributed by atoms with Crippen molar-refractivity contribution in [3.63, 3.8) is 0 Å². The normalized spacial score (nSPS) is 12.1. The zero-order valence-electron chi connectivity index (χ0n) is 36.3. The standard InChI is InChI=1S/C57H48N4O/c1-33(2)45-30-41(38-16-9-8-10-17-38)31-46(34(3)4)54(45)60-51-23-14-13-22-49(51)58-56(60)40-19-15-20-42(29-40)62-43-26-37(7)53-47-27-35(5)36(6)28-52(47)61-55-44-21-12-11-18-39(44)24-25-50(55)59-57(61)48(53)32-43/h8-34H,1-7H3. The molecule has 0 saturated carbocycles. The number of nitrogens with zero attached hydrogens (tertiary/aromatic N) is 4. The molecule has 0 atom stereocenters. The summed E-state index contributed by atoms with van der Waals surface area (Å²) in [4.78, 5) is 10.7. The molecule has 3 aromatic heterocycles. The summed E-state index contributed by atoms with van der Waals surface area (Å²) in [6, 6.07) is 54.4. The molecule has 0 radical (unpaired) electrons. The van der Waals surface area contributed by atoms with Crippen molar-refractivity contribution in [1.82, 2.24) is 18.9 Å². The minimum absolute atomic E-state index is 0.272. The van der Waals surface area contributed by atoms with Gasteiger partial charge in [-0.3, -0.25) is 8.97 Å². The lowest BCUT2D eigenvalue weighted by Gasteiger charge is -2.24. The molecule has 0 saturated heterocycles. The molecule has 8 aromatic carbocycles. The van der Waals surface area contributed by atoms with Crippen LogP contribution in [0, 0.1) is 20.8 Å². The Labute approximate surface area is 361 Å². The number of imidazole rings is 2. The quantitative estimate of drug-likeness (QED) is 0.151. The van der Waals surface area contributed by atoms with Crippen molar-refractivity contribution in [2.24, 2.45) is 0 Å². The van der Waals surface area contributed by atoms with E-state index in [1.54, 1.807) is 0 Å². The van der Waals surface area contributed by atoms with Gasteiger partial charge in [0.05, 0.1) is 33.3 Å². The second kappa shape index (κ2) is 14.5. The molecule has 0 spiro atoms. The molecule has 0 N–H and O–H groups in total. The number of hydrogen-bond donors (Lipinski definition) is 0. The first-order valence-corrected chi connectivity index (χ1v) is 21.8. The summed E-state index contributed by atoms with van der Waals surface area (Å²) in [5, 5.41) is 5.87. The van der Waals surface area contributed by atoms with Crippen molar-refractivity contribution >= 4 is 60.2 Å². The monoisotopic (exact) mass is 804 g/mol. The Bertz CT molecular complexity index is 3560. The first-order valence-electron chi connectivity index (χ1n) is 21.8. The van der Waals surface area contributed by atoms with E-state index in [0.29, 0.717) is 0 Å². The van der Waals surface area contributed by atoms with Crippen molar-refractivity contribution in [2.45, 2.75) is 60.3 Å². The van der Waals surface area contributed by atoms with Crippen molar-refractivity contribution in [2.75, 3.05) is 0 Å². The highest BCUT2D eigenvalue weighted by Gasteiger charge is 2.24. The molecule has 0 unspecified atom stereocenters. The summed E-state index contributed by atoms with van der Waals surface area (Å²) in [5.41, 5.74) is 17.1. The number of rotatable bonds is 7. The fraction of sp³-hybridized carbons (Fsp3) is 0.158. The Morgan fingerprint density at radius 2 is 1.19 bits per heavy atom. The molecule has 11 rings (SSSR count). The van der Waals surface area contributed by atoms with Gasteiger partial charge in [-0.25, -0.2) is 9.97 Å². The fourth-order valence-electron chi connectivity index (χ4n) is 9.68. The van der Waals surface area contributed by atoms with Crippen LogP contribution in [0.2, 0.25) is 0 Å². The molecule has 3 heterocycles. The Morgan fingerprint density at radius 1 is 0.484 bits per heavy atom. The maximum absolute atomic E-state index is 6.91. The molecule has 5 heteroatoms. The third-order valence-electron chi connectivity index (χ3n) is 12.8. The van der Waals surface area contributed by atoms with Crippen LogP contribution in [0.5, 0.6) is 11.5 Å². The summed E-state index contributed by atoms with van der Waals surface area (Å²) < 4.78 is 11.7. The van der Waals surface area contributed by atoms with E-state index in [-0.39, 0.29) is 11.8 Å². The van der Waals surface area contributed by atoms with Gasteiger partial charge < -0.3 is 4.74 Å². The highest BCUT2D eigenvalue weighted by molar-refractivity contribution is 6.18. The molecule has 0 amide bonds. The number of ether oxygens (including phenoxy) is 1. The third-order valence-corrected chi connectivity index (χ3v) is 12.8. The maximum atomic E-state index is 6.91. The van der Waals surface area contributed by atoms with Crippen LogP contribution in [0.3, 0.4) is 0 Å². The molecule has 0 fully saturated rings. The third kappa shape index (κ3) is 5.98. The van der Waals surface area contributed by atoms with Crippen LogP contribution in [0.25, 0.3) is 88.4 Å². The van der Waals surface area contributed by atoms with E-state index in [9.17, 15) is 0 Å². The van der Waals surface area contributed by atoms with E-state index in [0.717, 1.165) is 67.1 Å². The molecular weight excluding hydrogens is 757 g/mol. The van der Waals surface area contributed by atoms with E-state index >= 15 is 0 Å². The van der Waals surface area contributed by atoms with Gasteiger partial charge in [0.2, 0.25) is 0 Å². The molecular formula is C57H48N4O. The highest BCUT2D eigenvalue weighted by Crippen LogP contribution is 2.43. The van der Waals surface area contributed by atoms with E-state index in [1.807, 2.05) is 6.07 Å². The number of pyridine rings is 1. The number of fused-ring (bicyclic) bond motifs is 11. The number of hydrogen-bond acceptors (Lipinski definition) is 3. The van der Waals surface area contributed by atoms with Gasteiger partial charge in [-0.05, 0) is 149 Å². The average Bonchev–Trinajstić information content (AvgIpc) is 3.87. The van der Waals surface area contributed by atoms with Gasteiger partial charge in [-0.1, -0.05) is 113 Å². The number of para-hydroxylation sites is 2. The first-order chi connectivity index (χ1) is 30.1. The van der Waals surface area contributed by atoms with E-state index in [4.69, 9.17) is 14.7 Å².